The summed E-state index contributed by atoms with van der Waals surface area (Å²) >= 11 is 0. The first kappa shape index (κ1) is 12.7. The van der Waals surface area contributed by atoms with E-state index >= 15 is 0 Å². The first-order valence-electron chi connectivity index (χ1n) is 6.14. The number of halogens is 2. The van der Waals surface area contributed by atoms with Crippen LogP contribution in [0.2, 0.25) is 0 Å². The molecular formula is C15H12F2N2O. The monoisotopic (exact) mass is 274 g/mol. The predicted molar refractivity (Wildman–Crippen MR) is 72.1 cm³/mol. The second-order valence-corrected chi connectivity index (χ2v) is 4.63. The van der Waals surface area contributed by atoms with Gasteiger partial charge in [0.1, 0.15) is 17.5 Å². The zero-order chi connectivity index (χ0) is 14.3. The minimum Gasteiger partial charge on any atom is -0.392 e. The number of aromatic nitrogens is 2. The summed E-state index contributed by atoms with van der Waals surface area (Å²) in [6, 6.07) is 7.27. The Bertz CT molecular complexity index is 796. The maximum atomic E-state index is 13.7. The highest BCUT2D eigenvalue weighted by molar-refractivity contribution is 5.82. The van der Waals surface area contributed by atoms with Crippen LogP contribution < -0.4 is 0 Å². The van der Waals surface area contributed by atoms with Crippen LogP contribution in [0.25, 0.3) is 22.2 Å². The van der Waals surface area contributed by atoms with Gasteiger partial charge in [0.15, 0.2) is 0 Å². The molecule has 102 valence electrons. The summed E-state index contributed by atoms with van der Waals surface area (Å²) in [6.07, 6.45) is 0. The number of aryl methyl sites for hydroxylation is 1. The normalized spacial score (nSPS) is 11.2. The summed E-state index contributed by atoms with van der Waals surface area (Å²) in [7, 11) is 0. The Morgan fingerprint density at radius 2 is 2.00 bits per heavy atom. The number of benzene rings is 2. The van der Waals surface area contributed by atoms with Crippen molar-refractivity contribution in [2.24, 2.45) is 0 Å². The number of aliphatic hydroxyl groups excluding tert-OH is 1. The van der Waals surface area contributed by atoms with E-state index < -0.39 is 18.2 Å². The van der Waals surface area contributed by atoms with E-state index in [9.17, 15) is 13.9 Å². The highest BCUT2D eigenvalue weighted by atomic mass is 19.1. The molecule has 0 fully saturated rings. The fraction of sp³-hybridized carbons (Fsp3) is 0.133. The Labute approximate surface area is 113 Å². The topological polar surface area (TPSA) is 48.9 Å². The molecule has 0 aliphatic carbocycles. The number of hydrogen-bond acceptors (Lipinski definition) is 2. The van der Waals surface area contributed by atoms with E-state index in [1.807, 2.05) is 6.92 Å². The molecule has 3 nitrogen and oxygen atoms in total. The quantitative estimate of drug-likeness (QED) is 0.753. The molecule has 0 amide bonds. The van der Waals surface area contributed by atoms with Gasteiger partial charge in [0.2, 0.25) is 0 Å². The van der Waals surface area contributed by atoms with Gasteiger partial charge >= 0.3 is 0 Å². The molecule has 20 heavy (non-hydrogen) atoms. The maximum Gasteiger partial charge on any atom is 0.132 e. The van der Waals surface area contributed by atoms with Crippen LogP contribution in [0.15, 0.2) is 30.3 Å². The van der Waals surface area contributed by atoms with Crippen molar-refractivity contribution in [2.45, 2.75) is 13.5 Å². The highest BCUT2D eigenvalue weighted by Gasteiger charge is 2.13. The van der Waals surface area contributed by atoms with Crippen LogP contribution in [0.3, 0.4) is 0 Å². The molecule has 2 aromatic carbocycles. The molecule has 1 heterocycles. The van der Waals surface area contributed by atoms with Crippen molar-refractivity contribution in [1.82, 2.24) is 9.97 Å². The van der Waals surface area contributed by atoms with Gasteiger partial charge in [0, 0.05) is 11.6 Å². The maximum absolute atomic E-state index is 13.7. The Hall–Kier alpha value is -2.27. The van der Waals surface area contributed by atoms with Gasteiger partial charge in [0.25, 0.3) is 0 Å². The van der Waals surface area contributed by atoms with Gasteiger partial charge in [-0.1, -0.05) is 6.07 Å². The van der Waals surface area contributed by atoms with Crippen LogP contribution in [0, 0.1) is 18.6 Å². The lowest BCUT2D eigenvalue weighted by atomic mass is 9.99. The van der Waals surface area contributed by atoms with E-state index in [-0.39, 0.29) is 5.56 Å². The number of nitrogens with one attached hydrogen (secondary N) is 1. The largest absolute Gasteiger partial charge is 0.392 e. The van der Waals surface area contributed by atoms with Gasteiger partial charge in [-0.15, -0.1) is 0 Å². The van der Waals surface area contributed by atoms with Crippen molar-refractivity contribution in [3.05, 3.63) is 53.4 Å². The first-order valence-corrected chi connectivity index (χ1v) is 6.14. The zero-order valence-corrected chi connectivity index (χ0v) is 10.7. The molecule has 5 heteroatoms. The number of H-pyrrole nitrogens is 1. The molecule has 0 saturated carbocycles. The molecule has 0 aliphatic heterocycles. The second-order valence-electron chi connectivity index (χ2n) is 4.63. The third-order valence-corrected chi connectivity index (χ3v) is 3.23. The summed E-state index contributed by atoms with van der Waals surface area (Å²) in [5.74, 6) is -0.654. The summed E-state index contributed by atoms with van der Waals surface area (Å²) in [5.41, 5.74) is 2.61. The van der Waals surface area contributed by atoms with Crippen molar-refractivity contribution in [1.29, 1.82) is 0 Å². The molecule has 1 aromatic heterocycles. The van der Waals surface area contributed by atoms with Crippen molar-refractivity contribution in [3.63, 3.8) is 0 Å². The van der Waals surface area contributed by atoms with E-state index in [1.165, 1.54) is 6.07 Å². The lowest BCUT2D eigenvalue weighted by Crippen LogP contribution is -1.96. The number of aromatic amines is 1. The molecular weight excluding hydrogens is 262 g/mol. The number of nitrogens with zero attached hydrogens (tertiary/aromatic N) is 1. The highest BCUT2D eigenvalue weighted by Crippen LogP contribution is 2.29. The second kappa shape index (κ2) is 4.68. The lowest BCUT2D eigenvalue weighted by Gasteiger charge is -2.09. The summed E-state index contributed by atoms with van der Waals surface area (Å²) in [4.78, 5) is 7.37. The Morgan fingerprint density at radius 3 is 2.75 bits per heavy atom. The van der Waals surface area contributed by atoms with Gasteiger partial charge in [-0.2, -0.15) is 0 Å². The molecule has 0 bridgehead atoms. The van der Waals surface area contributed by atoms with E-state index in [0.717, 1.165) is 17.4 Å². The number of aliphatic hydroxyl groups is 1. The van der Waals surface area contributed by atoms with Crippen molar-refractivity contribution in [2.75, 3.05) is 0 Å². The molecule has 3 rings (SSSR count). The van der Waals surface area contributed by atoms with Crippen LogP contribution in [-0.2, 0) is 6.61 Å². The minimum atomic E-state index is -0.749. The molecule has 0 radical (unpaired) electrons. The van der Waals surface area contributed by atoms with Crippen LogP contribution in [0.5, 0.6) is 0 Å². The van der Waals surface area contributed by atoms with E-state index in [0.29, 0.717) is 16.6 Å². The lowest BCUT2D eigenvalue weighted by molar-refractivity contribution is 0.276. The Morgan fingerprint density at radius 1 is 1.20 bits per heavy atom. The van der Waals surface area contributed by atoms with E-state index in [2.05, 4.69) is 9.97 Å². The van der Waals surface area contributed by atoms with E-state index in [4.69, 9.17) is 0 Å². The fourth-order valence-electron chi connectivity index (χ4n) is 2.32. The third kappa shape index (κ3) is 2.06. The molecule has 3 aromatic rings. The standard InChI is InChI=1S/C15H12F2N2O/c1-8-18-14-3-2-9(4-15(14)19-8)11-5-10(16)6-13(17)12(11)7-20/h2-6,20H,7H2,1H3,(H,18,19). The number of hydrogen-bond donors (Lipinski definition) is 2. The molecule has 0 aliphatic rings. The van der Waals surface area contributed by atoms with Crippen molar-refractivity contribution >= 4 is 11.0 Å². The van der Waals surface area contributed by atoms with Gasteiger partial charge < -0.3 is 10.1 Å². The number of rotatable bonds is 2. The first-order chi connectivity index (χ1) is 9.58. The van der Waals surface area contributed by atoms with Crippen molar-refractivity contribution in [3.8, 4) is 11.1 Å². The number of imidazole rings is 1. The summed E-state index contributed by atoms with van der Waals surface area (Å²) in [5, 5.41) is 9.28. The van der Waals surface area contributed by atoms with E-state index in [1.54, 1.807) is 18.2 Å². The molecule has 0 spiro atoms. The van der Waals surface area contributed by atoms with Crippen LogP contribution in [0.4, 0.5) is 8.78 Å². The minimum absolute atomic E-state index is 0.0815. The predicted octanol–water partition coefficient (Wildman–Crippen LogP) is 3.31. The molecule has 0 atom stereocenters. The van der Waals surface area contributed by atoms with Gasteiger partial charge in [-0.3, -0.25) is 0 Å². The Kier molecular flexibility index (Phi) is 2.99. The average molecular weight is 274 g/mol. The molecule has 0 unspecified atom stereocenters. The number of fused-ring (bicyclic) bond motifs is 1. The summed E-state index contributed by atoms with van der Waals surface area (Å²) in [6.45, 7) is 1.35. The zero-order valence-electron chi connectivity index (χ0n) is 10.7. The van der Waals surface area contributed by atoms with Gasteiger partial charge in [-0.25, -0.2) is 13.8 Å². The fourth-order valence-corrected chi connectivity index (χ4v) is 2.32. The molecule has 2 N–H and O–H groups in total. The van der Waals surface area contributed by atoms with Crippen molar-refractivity contribution < 1.29 is 13.9 Å². The van der Waals surface area contributed by atoms with Crippen LogP contribution >= 0.6 is 0 Å². The SMILES string of the molecule is Cc1nc2cc(-c3cc(F)cc(F)c3CO)ccc2[nH]1. The average Bonchev–Trinajstić information content (AvgIpc) is 2.76. The van der Waals surface area contributed by atoms with Crippen LogP contribution in [0.1, 0.15) is 11.4 Å². The molecule has 0 saturated heterocycles. The smallest absolute Gasteiger partial charge is 0.132 e. The van der Waals surface area contributed by atoms with Gasteiger partial charge in [0.05, 0.1) is 17.6 Å². The van der Waals surface area contributed by atoms with Gasteiger partial charge in [-0.05, 0) is 36.2 Å². The Balaban J connectivity index is 2.24. The summed E-state index contributed by atoms with van der Waals surface area (Å²) < 4.78 is 27.1. The third-order valence-electron chi connectivity index (χ3n) is 3.23. The van der Waals surface area contributed by atoms with Crippen LogP contribution in [-0.4, -0.2) is 15.1 Å².